The van der Waals surface area contributed by atoms with Crippen molar-refractivity contribution in [1.82, 2.24) is 20.8 Å². The number of carbonyl (C=O) groups is 2. The molecule has 2 atom stereocenters. The van der Waals surface area contributed by atoms with E-state index < -0.39 is 24.1 Å². The van der Waals surface area contributed by atoms with Gasteiger partial charge in [0.05, 0.1) is 49.2 Å². The number of ketones is 2. The lowest BCUT2D eigenvalue weighted by molar-refractivity contribution is -0.185. The molecule has 4 N–H and O–H groups in total. The minimum Gasteiger partial charge on any atom is -0.378 e. The summed E-state index contributed by atoms with van der Waals surface area (Å²) in [4.78, 5) is 52.4. The highest BCUT2D eigenvalue weighted by molar-refractivity contribution is 6.39. The lowest BCUT2D eigenvalue weighted by Crippen LogP contribution is -2.47. The number of aliphatic hydroxyl groups excluding tert-OH is 2. The topological polar surface area (TPSA) is 173 Å². The number of hydrogen-bond donors (Lipinski definition) is 4. The molecule has 0 aromatic heterocycles. The minimum absolute atomic E-state index is 0.146. The van der Waals surface area contributed by atoms with E-state index in [1.807, 2.05) is 50.2 Å². The van der Waals surface area contributed by atoms with Crippen molar-refractivity contribution in [1.29, 1.82) is 0 Å². The van der Waals surface area contributed by atoms with E-state index in [1.54, 1.807) is 38.0 Å². The van der Waals surface area contributed by atoms with Gasteiger partial charge < -0.3 is 39.3 Å². The number of morpholine rings is 2. The Balaban J connectivity index is 1.39. The lowest BCUT2D eigenvalue weighted by Gasteiger charge is -2.30. The van der Waals surface area contributed by atoms with Gasteiger partial charge in [-0.1, -0.05) is 12.1 Å². The summed E-state index contributed by atoms with van der Waals surface area (Å²) in [6, 6.07) is 11.7. The maximum atomic E-state index is 12.7. The van der Waals surface area contributed by atoms with Gasteiger partial charge in [-0.15, -0.1) is 0 Å². The predicted octanol–water partition coefficient (Wildman–Crippen LogP) is 0.592. The van der Waals surface area contributed by atoms with Crippen LogP contribution in [0.4, 0.5) is 22.7 Å². The fraction of sp³-hybridized carbons (Fsp3) is 0.500. The molecule has 2 aliphatic heterocycles. The molecule has 2 unspecified atom stereocenters. The number of ether oxygens (including phenoxy) is 2. The number of nitrogens with one attached hydrogen (secondary N) is 2. The van der Waals surface area contributed by atoms with E-state index in [1.165, 1.54) is 0 Å². The summed E-state index contributed by atoms with van der Waals surface area (Å²) in [5.74, 6) is -2.60. The summed E-state index contributed by atoms with van der Waals surface area (Å²) in [6.45, 7) is 9.06. The highest BCUT2D eigenvalue weighted by atomic mass is 16.7. The Morgan fingerprint density at radius 2 is 1.06 bits per heavy atom. The number of hydroxylamine groups is 2. The Kier molecular flexibility index (Phi) is 13.1. The Morgan fingerprint density at radius 3 is 1.40 bits per heavy atom. The number of aliphatic imine (C=N–C) groups is 2. The number of anilines is 2. The quantitative estimate of drug-likeness (QED) is 0.0860. The highest BCUT2D eigenvalue weighted by Crippen LogP contribution is 2.32. The van der Waals surface area contributed by atoms with Crippen LogP contribution in [0.3, 0.4) is 0 Å². The molecule has 0 radical (unpaired) electrons. The smallest absolute Gasteiger partial charge is 0.261 e. The number of benzene rings is 2. The first kappa shape index (κ1) is 36.5. The molecule has 2 heterocycles. The molecule has 4 rings (SSSR count). The highest BCUT2D eigenvalue weighted by Gasteiger charge is 2.32. The van der Waals surface area contributed by atoms with Gasteiger partial charge in [0.2, 0.25) is 24.5 Å². The average Bonchev–Trinajstić information content (AvgIpc) is 3.08. The summed E-state index contributed by atoms with van der Waals surface area (Å²) in [5.41, 5.74) is 9.89. The Bertz CT molecular complexity index is 1360. The van der Waals surface area contributed by atoms with Gasteiger partial charge in [0.15, 0.2) is 0 Å². The van der Waals surface area contributed by atoms with Crippen molar-refractivity contribution in [3.8, 4) is 0 Å². The van der Waals surface area contributed by atoms with Gasteiger partial charge >= 0.3 is 0 Å². The van der Waals surface area contributed by atoms with Gasteiger partial charge in [0.1, 0.15) is 0 Å². The molecule has 0 bridgehead atoms. The van der Waals surface area contributed by atoms with Gasteiger partial charge in [0.25, 0.3) is 11.6 Å². The van der Waals surface area contributed by atoms with Crippen molar-refractivity contribution >= 4 is 46.2 Å². The van der Waals surface area contributed by atoms with Gasteiger partial charge in [0, 0.05) is 54.4 Å². The molecule has 48 heavy (non-hydrogen) atoms. The van der Waals surface area contributed by atoms with Crippen molar-refractivity contribution in [2.24, 2.45) is 9.98 Å². The van der Waals surface area contributed by atoms with Gasteiger partial charge in [-0.05, 0) is 49.2 Å². The zero-order valence-electron chi connectivity index (χ0n) is 28.3. The number of guanidine groups is 2. The Morgan fingerprint density at radius 1 is 0.708 bits per heavy atom. The fourth-order valence-electron chi connectivity index (χ4n) is 4.81. The second kappa shape index (κ2) is 17.2. The van der Waals surface area contributed by atoms with E-state index in [2.05, 4.69) is 30.7 Å². The van der Waals surface area contributed by atoms with Crippen molar-refractivity contribution in [3.63, 3.8) is 0 Å². The average molecular weight is 671 g/mol. The third-order valence-electron chi connectivity index (χ3n) is 7.48. The minimum atomic E-state index is -2.28. The number of rotatable bonds is 11. The molecule has 262 valence electrons. The normalized spacial score (nSPS) is 17.1. The molecule has 2 aromatic rings. The molecule has 16 heteroatoms. The monoisotopic (exact) mass is 670 g/mol. The van der Waals surface area contributed by atoms with Crippen LogP contribution in [0.1, 0.15) is 11.1 Å². The van der Waals surface area contributed by atoms with E-state index in [0.29, 0.717) is 64.0 Å². The standard InChI is InChI=1S/C32H46N8O8/c1-21-7-9-25(39-11-15-45-16-12-39)23(19-21)33-31(37(3)4)35-47-29(43)27(41)28(42)30(44)48-36-32(38(5)6)34-24-20-22(2)8-10-26(24)40-13-17-46-18-14-40/h7-10,19-20,29-30,43-44H,11-18H2,1-6H3,(H,33,35)(H,34,36). The number of hydrogen-bond acceptors (Lipinski definition) is 12. The van der Waals surface area contributed by atoms with E-state index in [-0.39, 0.29) is 11.9 Å². The molecular formula is C32H46N8O8. The molecule has 2 aromatic carbocycles. The van der Waals surface area contributed by atoms with Gasteiger partial charge in [-0.3, -0.25) is 9.59 Å². The van der Waals surface area contributed by atoms with Crippen LogP contribution in [0.15, 0.2) is 46.4 Å². The van der Waals surface area contributed by atoms with Crippen molar-refractivity contribution in [3.05, 3.63) is 47.5 Å². The third kappa shape index (κ3) is 9.85. The summed E-state index contributed by atoms with van der Waals surface area (Å²) in [5, 5.41) is 20.8. The van der Waals surface area contributed by atoms with Crippen LogP contribution in [0.2, 0.25) is 0 Å². The van der Waals surface area contributed by atoms with E-state index in [4.69, 9.17) is 19.1 Å². The maximum Gasteiger partial charge on any atom is 0.261 e. The Labute approximate surface area is 280 Å². The summed E-state index contributed by atoms with van der Waals surface area (Å²) < 4.78 is 10.9. The molecule has 16 nitrogen and oxygen atoms in total. The third-order valence-corrected chi connectivity index (χ3v) is 7.48. The van der Waals surface area contributed by atoms with E-state index in [9.17, 15) is 19.8 Å². The fourth-order valence-corrected chi connectivity index (χ4v) is 4.81. The first-order valence-electron chi connectivity index (χ1n) is 15.6. The van der Waals surface area contributed by atoms with Crippen LogP contribution in [0, 0.1) is 13.8 Å². The molecule has 2 saturated heterocycles. The molecule has 2 aliphatic rings. The number of aryl methyl sites for hydroxylation is 2. The summed E-state index contributed by atoms with van der Waals surface area (Å²) >= 11 is 0. The largest absolute Gasteiger partial charge is 0.378 e. The summed E-state index contributed by atoms with van der Waals surface area (Å²) in [6.07, 6.45) is -4.55. The maximum absolute atomic E-state index is 12.7. The molecule has 0 saturated carbocycles. The second-order valence-electron chi connectivity index (χ2n) is 11.7. The predicted molar refractivity (Wildman–Crippen MR) is 180 cm³/mol. The number of aliphatic hydroxyl groups is 2. The molecular weight excluding hydrogens is 624 g/mol. The van der Waals surface area contributed by atoms with Crippen LogP contribution in [0.5, 0.6) is 0 Å². The van der Waals surface area contributed by atoms with Crippen LogP contribution < -0.4 is 20.8 Å². The second-order valence-corrected chi connectivity index (χ2v) is 11.7. The molecule has 0 aliphatic carbocycles. The first-order chi connectivity index (χ1) is 22.9. The van der Waals surface area contributed by atoms with E-state index in [0.717, 1.165) is 22.5 Å². The number of carbonyl (C=O) groups excluding carboxylic acids is 2. The number of Topliss-reactive ketones (excluding diaryl/α,β-unsaturated/α-hetero) is 2. The van der Waals surface area contributed by atoms with Crippen LogP contribution >= 0.6 is 0 Å². The first-order valence-corrected chi connectivity index (χ1v) is 15.6. The molecule has 2 fully saturated rings. The van der Waals surface area contributed by atoms with Gasteiger partial charge in [-0.2, -0.15) is 0 Å². The molecule has 0 spiro atoms. The molecule has 0 amide bonds. The van der Waals surface area contributed by atoms with Crippen molar-refractivity contribution in [2.45, 2.75) is 26.4 Å². The van der Waals surface area contributed by atoms with Crippen LogP contribution in [-0.2, 0) is 28.7 Å². The zero-order chi connectivity index (χ0) is 34.8. The Hall–Kier alpha value is -4.32. The number of nitrogens with zero attached hydrogens (tertiary/aromatic N) is 6. The SMILES string of the molecule is Cc1ccc(N2CCOCC2)c(N=C(NOC(O)C(=O)C(=O)C(O)ONC(=Nc2cc(C)ccc2N2CCOCC2)N(C)C)N(C)C)c1. The van der Waals surface area contributed by atoms with Crippen LogP contribution in [-0.4, -0.2) is 137 Å². The van der Waals surface area contributed by atoms with Crippen molar-refractivity contribution < 1.29 is 39.0 Å². The van der Waals surface area contributed by atoms with Gasteiger partial charge in [-0.25, -0.2) is 30.6 Å². The zero-order valence-corrected chi connectivity index (χ0v) is 28.3. The summed E-state index contributed by atoms with van der Waals surface area (Å²) in [7, 11) is 6.75. The lowest BCUT2D eigenvalue weighted by atomic mass is 10.1. The van der Waals surface area contributed by atoms with Crippen LogP contribution in [0.25, 0.3) is 0 Å². The van der Waals surface area contributed by atoms with Crippen molar-refractivity contribution in [2.75, 3.05) is 90.6 Å². The van der Waals surface area contributed by atoms with E-state index >= 15 is 0 Å².